The summed E-state index contributed by atoms with van der Waals surface area (Å²) in [6.45, 7) is 5.11. The van der Waals surface area contributed by atoms with Crippen molar-refractivity contribution in [3.8, 4) is 0 Å². The highest BCUT2D eigenvalue weighted by atomic mass is 32.1. The fraction of sp³-hybridized carbons (Fsp3) is 0.312. The van der Waals surface area contributed by atoms with Crippen molar-refractivity contribution in [3.05, 3.63) is 51.0 Å². The predicted octanol–water partition coefficient (Wildman–Crippen LogP) is 3.43. The lowest BCUT2D eigenvalue weighted by Gasteiger charge is -2.29. The summed E-state index contributed by atoms with van der Waals surface area (Å²) in [7, 11) is 0. The number of nitrogens with zero attached hydrogens (tertiary/aromatic N) is 4. The number of rotatable bonds is 4. The topological polar surface area (TPSA) is 75.7 Å². The van der Waals surface area contributed by atoms with Crippen LogP contribution in [0.2, 0.25) is 0 Å². The molecular weight excluding hydrogens is 326 g/mol. The normalized spacial score (nSPS) is 14.7. The average molecular weight is 343 g/mol. The predicted molar refractivity (Wildman–Crippen MR) is 94.1 cm³/mol. The van der Waals surface area contributed by atoms with Crippen molar-refractivity contribution in [1.29, 1.82) is 0 Å². The lowest BCUT2D eigenvalue weighted by Crippen LogP contribution is -2.30. The molecule has 7 nitrogen and oxygen atoms in total. The molecule has 0 amide bonds. The highest BCUT2D eigenvalue weighted by molar-refractivity contribution is 7.15. The van der Waals surface area contributed by atoms with E-state index in [0.717, 1.165) is 31.7 Å². The van der Waals surface area contributed by atoms with Crippen LogP contribution in [0.5, 0.6) is 0 Å². The molecule has 124 valence electrons. The smallest absolute Gasteiger partial charge is 0.358 e. The SMILES string of the molecule is CCN1CCc2c(cccc2Nc2nc3sccn3c2[N+](=O)[O-])C1. The van der Waals surface area contributed by atoms with Crippen LogP contribution in [-0.4, -0.2) is 32.3 Å². The van der Waals surface area contributed by atoms with Gasteiger partial charge in [0.25, 0.3) is 4.96 Å². The molecule has 2 aromatic heterocycles. The summed E-state index contributed by atoms with van der Waals surface area (Å²) < 4.78 is 1.52. The van der Waals surface area contributed by atoms with E-state index in [9.17, 15) is 10.1 Å². The highest BCUT2D eigenvalue weighted by Gasteiger charge is 2.25. The number of anilines is 2. The second-order valence-corrected chi connectivity index (χ2v) is 6.66. The Labute approximate surface area is 142 Å². The van der Waals surface area contributed by atoms with Gasteiger partial charge in [-0.25, -0.2) is 0 Å². The van der Waals surface area contributed by atoms with Gasteiger partial charge in [0.2, 0.25) is 5.82 Å². The summed E-state index contributed by atoms with van der Waals surface area (Å²) in [5, 5.41) is 16.5. The van der Waals surface area contributed by atoms with Crippen molar-refractivity contribution >= 4 is 33.6 Å². The van der Waals surface area contributed by atoms with Gasteiger partial charge in [0.1, 0.15) is 6.20 Å². The Hall–Kier alpha value is -2.45. The summed E-state index contributed by atoms with van der Waals surface area (Å²) in [4.78, 5) is 18.5. The fourth-order valence-electron chi connectivity index (χ4n) is 3.21. The van der Waals surface area contributed by atoms with E-state index < -0.39 is 0 Å². The van der Waals surface area contributed by atoms with Crippen LogP contribution in [0, 0.1) is 10.1 Å². The number of thiazole rings is 1. The van der Waals surface area contributed by atoms with Crippen LogP contribution in [0.25, 0.3) is 4.96 Å². The van der Waals surface area contributed by atoms with E-state index >= 15 is 0 Å². The number of nitrogens with one attached hydrogen (secondary N) is 1. The number of fused-ring (bicyclic) bond motifs is 2. The second kappa shape index (κ2) is 5.88. The number of aromatic nitrogens is 2. The number of likely N-dealkylation sites (N-methyl/N-ethyl adjacent to an activating group) is 1. The molecule has 0 fully saturated rings. The van der Waals surface area contributed by atoms with E-state index in [2.05, 4.69) is 28.2 Å². The summed E-state index contributed by atoms with van der Waals surface area (Å²) >= 11 is 1.38. The first-order valence-electron chi connectivity index (χ1n) is 7.87. The van der Waals surface area contributed by atoms with E-state index in [-0.39, 0.29) is 10.7 Å². The van der Waals surface area contributed by atoms with Gasteiger partial charge < -0.3 is 15.4 Å². The van der Waals surface area contributed by atoms with E-state index in [4.69, 9.17) is 0 Å². The molecule has 0 saturated heterocycles. The Morgan fingerprint density at radius 3 is 3.12 bits per heavy atom. The van der Waals surface area contributed by atoms with E-state index in [1.807, 2.05) is 12.1 Å². The Balaban J connectivity index is 1.73. The Kier molecular flexibility index (Phi) is 3.70. The van der Waals surface area contributed by atoms with Crippen LogP contribution in [0.3, 0.4) is 0 Å². The molecule has 24 heavy (non-hydrogen) atoms. The molecule has 0 unspecified atom stereocenters. The Bertz CT molecular complexity index is 916. The largest absolute Gasteiger partial charge is 0.373 e. The molecule has 1 aliphatic rings. The monoisotopic (exact) mass is 343 g/mol. The minimum Gasteiger partial charge on any atom is -0.358 e. The molecule has 4 rings (SSSR count). The van der Waals surface area contributed by atoms with Gasteiger partial charge in [0, 0.05) is 24.2 Å². The zero-order chi connectivity index (χ0) is 16.7. The molecule has 3 aromatic rings. The number of benzene rings is 1. The highest BCUT2D eigenvalue weighted by Crippen LogP contribution is 2.33. The zero-order valence-corrected chi connectivity index (χ0v) is 14.0. The van der Waals surface area contributed by atoms with Crippen molar-refractivity contribution in [2.24, 2.45) is 0 Å². The molecule has 0 atom stereocenters. The Morgan fingerprint density at radius 2 is 2.33 bits per heavy atom. The maximum atomic E-state index is 11.5. The van der Waals surface area contributed by atoms with Gasteiger partial charge >= 0.3 is 5.82 Å². The third kappa shape index (κ3) is 2.44. The fourth-order valence-corrected chi connectivity index (χ4v) is 3.92. The summed E-state index contributed by atoms with van der Waals surface area (Å²) in [6, 6.07) is 6.09. The van der Waals surface area contributed by atoms with Gasteiger partial charge in [-0.15, -0.1) is 0 Å². The average Bonchev–Trinajstić information content (AvgIpc) is 3.14. The number of hydrogen-bond donors (Lipinski definition) is 1. The van der Waals surface area contributed by atoms with Gasteiger partial charge in [-0.3, -0.25) is 4.90 Å². The Morgan fingerprint density at radius 1 is 1.46 bits per heavy atom. The first kappa shape index (κ1) is 15.1. The van der Waals surface area contributed by atoms with Crippen molar-refractivity contribution in [2.45, 2.75) is 19.9 Å². The maximum Gasteiger partial charge on any atom is 0.373 e. The van der Waals surface area contributed by atoms with Crippen molar-refractivity contribution in [1.82, 2.24) is 14.3 Å². The van der Waals surface area contributed by atoms with Crippen LogP contribution >= 0.6 is 11.3 Å². The van der Waals surface area contributed by atoms with E-state index in [1.54, 1.807) is 11.6 Å². The molecule has 0 radical (unpaired) electrons. The van der Waals surface area contributed by atoms with E-state index in [1.165, 1.54) is 26.9 Å². The van der Waals surface area contributed by atoms with Crippen LogP contribution in [-0.2, 0) is 13.0 Å². The lowest BCUT2D eigenvalue weighted by molar-refractivity contribution is -0.389. The molecule has 0 spiro atoms. The van der Waals surface area contributed by atoms with Crippen LogP contribution in [0.15, 0.2) is 29.8 Å². The molecule has 0 saturated carbocycles. The number of hydrogen-bond acceptors (Lipinski definition) is 6. The van der Waals surface area contributed by atoms with E-state index in [0.29, 0.717) is 10.8 Å². The first-order chi connectivity index (χ1) is 11.7. The van der Waals surface area contributed by atoms with Crippen LogP contribution < -0.4 is 5.32 Å². The molecule has 8 heteroatoms. The third-order valence-electron chi connectivity index (χ3n) is 4.46. The summed E-state index contributed by atoms with van der Waals surface area (Å²) in [5.41, 5.74) is 3.42. The van der Waals surface area contributed by atoms with Gasteiger partial charge in [-0.1, -0.05) is 30.4 Å². The molecular formula is C16H17N5O2S. The molecule has 1 aromatic carbocycles. The van der Waals surface area contributed by atoms with Gasteiger partial charge in [-0.05, 0) is 35.1 Å². The van der Waals surface area contributed by atoms with Crippen LogP contribution in [0.4, 0.5) is 17.3 Å². The lowest BCUT2D eigenvalue weighted by atomic mass is 9.98. The minimum atomic E-state index is -0.386. The number of imidazole rings is 1. The van der Waals surface area contributed by atoms with Crippen LogP contribution in [0.1, 0.15) is 18.1 Å². The molecule has 3 heterocycles. The number of nitro groups is 1. The quantitative estimate of drug-likeness (QED) is 0.580. The van der Waals surface area contributed by atoms with Gasteiger partial charge in [-0.2, -0.15) is 9.38 Å². The molecule has 1 aliphatic heterocycles. The standard InChI is InChI=1S/C16H17N5O2S/c1-2-19-7-6-12-11(10-19)4-3-5-13(12)17-14-15(21(22)23)20-8-9-24-16(20)18-14/h3-5,8-9,17H,2,6-7,10H2,1H3. The van der Waals surface area contributed by atoms with Gasteiger partial charge in [0.15, 0.2) is 0 Å². The molecule has 0 bridgehead atoms. The zero-order valence-electron chi connectivity index (χ0n) is 13.2. The minimum absolute atomic E-state index is 0.0187. The first-order valence-corrected chi connectivity index (χ1v) is 8.75. The molecule has 0 aliphatic carbocycles. The van der Waals surface area contributed by atoms with Crippen molar-refractivity contribution < 1.29 is 4.92 Å². The second-order valence-electron chi connectivity index (χ2n) is 5.78. The van der Waals surface area contributed by atoms with Gasteiger partial charge in [0.05, 0.1) is 0 Å². The summed E-state index contributed by atoms with van der Waals surface area (Å²) in [6.07, 6.45) is 2.61. The van der Waals surface area contributed by atoms with Crippen molar-refractivity contribution in [3.63, 3.8) is 0 Å². The summed E-state index contributed by atoms with van der Waals surface area (Å²) in [5.74, 6) is 0.285. The third-order valence-corrected chi connectivity index (χ3v) is 5.21. The molecule has 1 N–H and O–H groups in total. The van der Waals surface area contributed by atoms with Crippen molar-refractivity contribution in [2.75, 3.05) is 18.4 Å². The maximum absolute atomic E-state index is 11.5.